The van der Waals surface area contributed by atoms with E-state index in [2.05, 4.69) is 17.4 Å². The van der Waals surface area contributed by atoms with Crippen molar-refractivity contribution in [1.29, 1.82) is 0 Å². The van der Waals surface area contributed by atoms with Crippen LogP contribution in [0.5, 0.6) is 0 Å². The maximum atomic E-state index is 12.8. The molecule has 0 aliphatic carbocycles. The quantitative estimate of drug-likeness (QED) is 0.855. The predicted octanol–water partition coefficient (Wildman–Crippen LogP) is 3.18. The predicted molar refractivity (Wildman–Crippen MR) is 88.9 cm³/mol. The van der Waals surface area contributed by atoms with Crippen molar-refractivity contribution in [1.82, 2.24) is 5.32 Å². The molecule has 0 spiro atoms. The molecule has 0 saturated heterocycles. The molecule has 120 valence electrons. The van der Waals surface area contributed by atoms with Crippen molar-refractivity contribution < 1.29 is 13.9 Å². The van der Waals surface area contributed by atoms with Gasteiger partial charge in [0.2, 0.25) is 5.91 Å². The Hall–Kier alpha value is -1.85. The zero-order valence-electron chi connectivity index (χ0n) is 12.6. The van der Waals surface area contributed by atoms with Crippen LogP contribution in [0.2, 0.25) is 0 Å². The minimum atomic E-state index is -0.270. The molecule has 1 N–H and O–H groups in total. The van der Waals surface area contributed by atoms with Gasteiger partial charge in [0.05, 0.1) is 18.5 Å². The second kappa shape index (κ2) is 7.62. The molecule has 0 aromatic heterocycles. The van der Waals surface area contributed by atoms with E-state index < -0.39 is 0 Å². The number of benzene rings is 2. The molecule has 1 atom stereocenters. The first-order chi connectivity index (χ1) is 11.2. The third-order valence-electron chi connectivity index (χ3n) is 3.75. The van der Waals surface area contributed by atoms with Gasteiger partial charge in [-0.25, -0.2) is 4.39 Å². The normalized spacial score (nSPS) is 16.7. The summed E-state index contributed by atoms with van der Waals surface area (Å²) in [6, 6.07) is 14.4. The number of thioether (sulfide) groups is 1. The van der Waals surface area contributed by atoms with Gasteiger partial charge in [-0.3, -0.25) is 4.79 Å². The number of fused-ring (bicyclic) bond motifs is 1. The molecule has 1 amide bonds. The highest BCUT2D eigenvalue weighted by Gasteiger charge is 2.19. The molecule has 2 aromatic carbocycles. The highest BCUT2D eigenvalue weighted by Crippen LogP contribution is 2.20. The van der Waals surface area contributed by atoms with Crippen LogP contribution in [0.25, 0.3) is 0 Å². The third-order valence-corrected chi connectivity index (χ3v) is 4.76. The van der Waals surface area contributed by atoms with Gasteiger partial charge in [-0.1, -0.05) is 24.3 Å². The van der Waals surface area contributed by atoms with Crippen molar-refractivity contribution in [3.8, 4) is 0 Å². The topological polar surface area (TPSA) is 38.3 Å². The van der Waals surface area contributed by atoms with Crippen molar-refractivity contribution >= 4 is 17.7 Å². The highest BCUT2D eigenvalue weighted by atomic mass is 32.2. The number of amides is 1. The molecule has 0 fully saturated rings. The molecule has 23 heavy (non-hydrogen) atoms. The van der Waals surface area contributed by atoms with Crippen LogP contribution in [0.4, 0.5) is 4.39 Å². The van der Waals surface area contributed by atoms with Crippen molar-refractivity contribution in [2.24, 2.45) is 0 Å². The van der Waals surface area contributed by atoms with Crippen LogP contribution in [0.3, 0.4) is 0 Å². The summed E-state index contributed by atoms with van der Waals surface area (Å²) in [5.41, 5.74) is 2.51. The number of nitrogens with one attached hydrogen (secondary N) is 1. The lowest BCUT2D eigenvalue weighted by Crippen LogP contribution is -2.37. The van der Waals surface area contributed by atoms with Crippen LogP contribution in [0.15, 0.2) is 53.4 Å². The Bertz CT molecular complexity index is 675. The van der Waals surface area contributed by atoms with Gasteiger partial charge in [-0.05, 0) is 35.4 Å². The summed E-state index contributed by atoms with van der Waals surface area (Å²) < 4.78 is 18.6. The molecule has 1 unspecified atom stereocenters. The van der Waals surface area contributed by atoms with Gasteiger partial charge in [0, 0.05) is 17.9 Å². The number of hydrogen-bond donors (Lipinski definition) is 1. The Morgan fingerprint density at radius 2 is 1.91 bits per heavy atom. The van der Waals surface area contributed by atoms with E-state index in [1.807, 2.05) is 12.1 Å². The molecule has 0 bridgehead atoms. The van der Waals surface area contributed by atoms with Crippen molar-refractivity contribution in [3.05, 3.63) is 65.5 Å². The second-order valence-corrected chi connectivity index (χ2v) is 6.50. The van der Waals surface area contributed by atoms with Gasteiger partial charge in [0.25, 0.3) is 0 Å². The Morgan fingerprint density at radius 3 is 2.70 bits per heavy atom. The molecule has 0 radical (unpaired) electrons. The largest absolute Gasteiger partial charge is 0.371 e. The van der Waals surface area contributed by atoms with E-state index in [-0.39, 0.29) is 17.8 Å². The fraction of sp³-hybridized carbons (Fsp3) is 0.278. The first kappa shape index (κ1) is 16.0. The van der Waals surface area contributed by atoms with E-state index in [1.165, 1.54) is 35.0 Å². The molecule has 1 heterocycles. The summed E-state index contributed by atoms with van der Waals surface area (Å²) in [6.45, 7) is 1.11. The average molecular weight is 331 g/mol. The maximum Gasteiger partial charge on any atom is 0.230 e. The van der Waals surface area contributed by atoms with E-state index in [9.17, 15) is 9.18 Å². The smallest absolute Gasteiger partial charge is 0.230 e. The zero-order chi connectivity index (χ0) is 16.1. The fourth-order valence-electron chi connectivity index (χ4n) is 2.50. The monoisotopic (exact) mass is 331 g/mol. The van der Waals surface area contributed by atoms with Crippen molar-refractivity contribution in [2.45, 2.75) is 24.0 Å². The van der Waals surface area contributed by atoms with Crippen molar-refractivity contribution in [3.63, 3.8) is 0 Å². The summed E-state index contributed by atoms with van der Waals surface area (Å²) >= 11 is 1.39. The van der Waals surface area contributed by atoms with Crippen molar-refractivity contribution in [2.75, 3.05) is 12.3 Å². The number of rotatable bonds is 5. The molecule has 1 aliphatic heterocycles. The van der Waals surface area contributed by atoms with Crippen LogP contribution in [-0.2, 0) is 22.6 Å². The van der Waals surface area contributed by atoms with Gasteiger partial charge >= 0.3 is 0 Å². The van der Waals surface area contributed by atoms with Crippen LogP contribution in [-0.4, -0.2) is 24.3 Å². The summed E-state index contributed by atoms with van der Waals surface area (Å²) in [4.78, 5) is 12.8. The summed E-state index contributed by atoms with van der Waals surface area (Å²) in [5, 5.41) is 2.91. The third kappa shape index (κ3) is 4.56. The van der Waals surface area contributed by atoms with E-state index >= 15 is 0 Å². The lowest BCUT2D eigenvalue weighted by Gasteiger charge is -2.25. The first-order valence-electron chi connectivity index (χ1n) is 7.54. The van der Waals surface area contributed by atoms with Crippen LogP contribution in [0.1, 0.15) is 11.1 Å². The van der Waals surface area contributed by atoms with Gasteiger partial charge in [0.15, 0.2) is 0 Å². The van der Waals surface area contributed by atoms with Gasteiger partial charge in [-0.15, -0.1) is 11.8 Å². The molecule has 3 nitrogen and oxygen atoms in total. The lowest BCUT2D eigenvalue weighted by atomic mass is 9.99. The van der Waals surface area contributed by atoms with E-state index in [1.54, 1.807) is 12.1 Å². The number of hydrogen-bond acceptors (Lipinski definition) is 3. The SMILES string of the molecule is O=C(CSc1ccc(F)cc1)NCC1Cc2ccccc2CO1. The zero-order valence-corrected chi connectivity index (χ0v) is 13.4. The van der Waals surface area contributed by atoms with E-state index in [0.717, 1.165) is 11.3 Å². The molecular weight excluding hydrogens is 313 g/mol. The standard InChI is InChI=1S/C18H18FNO2S/c19-15-5-7-17(8-6-15)23-12-18(21)20-10-16-9-13-3-1-2-4-14(13)11-22-16/h1-8,16H,9-12H2,(H,20,21). The number of ether oxygens (including phenoxy) is 1. The fourth-order valence-corrected chi connectivity index (χ4v) is 3.23. The summed E-state index contributed by atoms with van der Waals surface area (Å²) in [6.07, 6.45) is 0.839. The summed E-state index contributed by atoms with van der Waals surface area (Å²) in [5.74, 6) is 0.00453. The Morgan fingerprint density at radius 1 is 1.17 bits per heavy atom. The van der Waals surface area contributed by atoms with Crippen LogP contribution in [0, 0.1) is 5.82 Å². The highest BCUT2D eigenvalue weighted by molar-refractivity contribution is 8.00. The Kier molecular flexibility index (Phi) is 5.31. The molecular formula is C18H18FNO2S. The second-order valence-electron chi connectivity index (χ2n) is 5.45. The lowest BCUT2D eigenvalue weighted by molar-refractivity contribution is -0.119. The number of carbonyl (C=O) groups excluding carboxylic acids is 1. The van der Waals surface area contributed by atoms with Crippen LogP contribution < -0.4 is 5.32 Å². The molecule has 0 saturated carbocycles. The molecule has 3 rings (SSSR count). The minimum absolute atomic E-state index is 0.0182. The van der Waals surface area contributed by atoms with E-state index in [4.69, 9.17) is 4.74 Å². The Balaban J connectivity index is 1.42. The molecule has 5 heteroatoms. The average Bonchev–Trinajstić information content (AvgIpc) is 2.59. The number of carbonyl (C=O) groups is 1. The van der Waals surface area contributed by atoms with Gasteiger partial charge < -0.3 is 10.1 Å². The number of halogens is 1. The maximum absolute atomic E-state index is 12.8. The first-order valence-corrected chi connectivity index (χ1v) is 8.53. The Labute approximate surface area is 139 Å². The molecule has 2 aromatic rings. The van der Waals surface area contributed by atoms with E-state index in [0.29, 0.717) is 18.9 Å². The summed E-state index contributed by atoms with van der Waals surface area (Å²) in [7, 11) is 0. The molecule has 1 aliphatic rings. The minimum Gasteiger partial charge on any atom is -0.371 e. The van der Waals surface area contributed by atoms with Gasteiger partial charge in [-0.2, -0.15) is 0 Å². The van der Waals surface area contributed by atoms with Crippen LogP contribution >= 0.6 is 11.8 Å². The van der Waals surface area contributed by atoms with Gasteiger partial charge in [0.1, 0.15) is 5.82 Å².